The lowest BCUT2D eigenvalue weighted by Crippen LogP contribution is -2.48. The fourth-order valence-corrected chi connectivity index (χ4v) is 2.21. The summed E-state index contributed by atoms with van der Waals surface area (Å²) in [5, 5.41) is 12.0. The van der Waals surface area contributed by atoms with E-state index in [0.717, 1.165) is 0 Å². The van der Waals surface area contributed by atoms with Gasteiger partial charge in [-0.2, -0.15) is 0 Å². The third-order valence-corrected chi connectivity index (χ3v) is 3.29. The van der Waals surface area contributed by atoms with E-state index in [1.165, 1.54) is 12.1 Å². The Balaban J connectivity index is 1.75. The van der Waals surface area contributed by atoms with Crippen molar-refractivity contribution in [2.24, 2.45) is 0 Å². The molecule has 1 amide bonds. The van der Waals surface area contributed by atoms with Gasteiger partial charge in [0.05, 0.1) is 11.6 Å². The molecule has 1 aromatic rings. The molecule has 6 nitrogen and oxygen atoms in total. The summed E-state index contributed by atoms with van der Waals surface area (Å²) in [6.07, 6.45) is -1.36. The molecule has 3 rings (SSSR count). The number of hydrogen-bond donors (Lipinski definition) is 2. The summed E-state index contributed by atoms with van der Waals surface area (Å²) < 4.78 is 4.94. The summed E-state index contributed by atoms with van der Waals surface area (Å²) in [5.41, 5.74) is 0.0709. The highest BCUT2D eigenvalue weighted by molar-refractivity contribution is 6.08. The zero-order chi connectivity index (χ0) is 13.6. The van der Waals surface area contributed by atoms with Crippen LogP contribution in [-0.2, 0) is 14.3 Å². The topological polar surface area (TPSA) is 96.0 Å². The Morgan fingerprint density at radius 2 is 2.00 bits per heavy atom. The first-order valence-electron chi connectivity index (χ1n) is 5.88. The molecule has 1 unspecified atom stereocenters. The molecule has 1 saturated carbocycles. The van der Waals surface area contributed by atoms with Crippen LogP contribution in [0.25, 0.3) is 0 Å². The molecular formula is C13H11NO5. The van der Waals surface area contributed by atoms with Crippen LogP contribution in [0.2, 0.25) is 0 Å². The van der Waals surface area contributed by atoms with Gasteiger partial charge in [-0.3, -0.25) is 14.4 Å². The van der Waals surface area contributed by atoms with E-state index < -0.39 is 24.2 Å². The number of ketones is 2. The van der Waals surface area contributed by atoms with Gasteiger partial charge in [0.1, 0.15) is 5.75 Å². The quantitative estimate of drug-likeness (QED) is 0.719. The molecule has 1 aliphatic carbocycles. The molecule has 2 fully saturated rings. The number of phenolic OH excluding ortho intramolecular Hbond substituents is 1. The van der Waals surface area contributed by atoms with Gasteiger partial charge < -0.3 is 15.2 Å². The van der Waals surface area contributed by atoms with E-state index in [4.69, 9.17) is 4.74 Å². The van der Waals surface area contributed by atoms with Crippen molar-refractivity contribution in [3.8, 4) is 5.75 Å². The Morgan fingerprint density at radius 3 is 2.74 bits per heavy atom. The number of carbonyl (C=O) groups excluding carboxylic acids is 3. The Labute approximate surface area is 108 Å². The molecule has 1 aliphatic heterocycles. The highest BCUT2D eigenvalue weighted by Crippen LogP contribution is 2.31. The van der Waals surface area contributed by atoms with Crippen molar-refractivity contribution in [2.45, 2.75) is 24.7 Å². The van der Waals surface area contributed by atoms with Crippen molar-refractivity contribution >= 4 is 17.5 Å². The number of ether oxygens (including phenoxy) is 1. The maximum atomic E-state index is 11.9. The number of nitrogens with one attached hydrogen (secondary N) is 1. The number of fused-ring (bicyclic) bond motifs is 1. The molecule has 2 N–H and O–H groups in total. The van der Waals surface area contributed by atoms with Crippen LogP contribution in [0.4, 0.5) is 0 Å². The first kappa shape index (κ1) is 11.9. The SMILES string of the molecule is O=C(NC1CC(=O)[C@@H]2O[C@@H]2C1=O)c1ccccc1O. The molecule has 1 heterocycles. The number of carbonyl (C=O) groups is 3. The number of hydrogen-bond acceptors (Lipinski definition) is 5. The second-order valence-electron chi connectivity index (χ2n) is 4.59. The Morgan fingerprint density at radius 1 is 1.26 bits per heavy atom. The summed E-state index contributed by atoms with van der Waals surface area (Å²) in [7, 11) is 0. The van der Waals surface area contributed by atoms with E-state index in [1.807, 2.05) is 0 Å². The molecule has 3 atom stereocenters. The van der Waals surface area contributed by atoms with Gasteiger partial charge in [-0.15, -0.1) is 0 Å². The van der Waals surface area contributed by atoms with Crippen molar-refractivity contribution in [3.05, 3.63) is 29.8 Å². The highest BCUT2D eigenvalue weighted by Gasteiger charge is 2.56. The van der Waals surface area contributed by atoms with Crippen LogP contribution < -0.4 is 5.32 Å². The van der Waals surface area contributed by atoms with Crippen molar-refractivity contribution < 1.29 is 24.2 Å². The van der Waals surface area contributed by atoms with Gasteiger partial charge in [0.15, 0.2) is 23.8 Å². The monoisotopic (exact) mass is 261 g/mol. The van der Waals surface area contributed by atoms with Crippen LogP contribution in [0.15, 0.2) is 24.3 Å². The van der Waals surface area contributed by atoms with E-state index in [0.29, 0.717) is 0 Å². The third-order valence-electron chi connectivity index (χ3n) is 3.29. The number of epoxide rings is 1. The van der Waals surface area contributed by atoms with Crippen LogP contribution in [0.5, 0.6) is 5.75 Å². The molecule has 0 radical (unpaired) electrons. The highest BCUT2D eigenvalue weighted by atomic mass is 16.6. The molecule has 0 aromatic heterocycles. The maximum absolute atomic E-state index is 11.9. The lowest BCUT2D eigenvalue weighted by molar-refractivity contribution is -0.128. The minimum Gasteiger partial charge on any atom is -0.507 e. The average Bonchev–Trinajstić information content (AvgIpc) is 3.17. The second-order valence-corrected chi connectivity index (χ2v) is 4.59. The minimum atomic E-state index is -0.872. The van der Waals surface area contributed by atoms with Crippen molar-refractivity contribution in [1.29, 1.82) is 0 Å². The first-order valence-corrected chi connectivity index (χ1v) is 5.88. The number of benzene rings is 1. The smallest absolute Gasteiger partial charge is 0.255 e. The van der Waals surface area contributed by atoms with Crippen LogP contribution in [-0.4, -0.2) is 40.8 Å². The molecule has 1 aromatic carbocycles. The van der Waals surface area contributed by atoms with Gasteiger partial charge in [-0.05, 0) is 12.1 Å². The van der Waals surface area contributed by atoms with Crippen molar-refractivity contribution in [3.63, 3.8) is 0 Å². The number of aromatic hydroxyl groups is 1. The zero-order valence-electron chi connectivity index (χ0n) is 9.83. The summed E-state index contributed by atoms with van der Waals surface area (Å²) in [6.45, 7) is 0. The van der Waals surface area contributed by atoms with Gasteiger partial charge in [0, 0.05) is 6.42 Å². The molecular weight excluding hydrogens is 250 g/mol. The molecule has 6 heteroatoms. The number of amides is 1. The van der Waals surface area contributed by atoms with Crippen molar-refractivity contribution in [1.82, 2.24) is 5.32 Å². The van der Waals surface area contributed by atoms with E-state index in [9.17, 15) is 19.5 Å². The fourth-order valence-electron chi connectivity index (χ4n) is 2.21. The predicted molar refractivity (Wildman–Crippen MR) is 62.7 cm³/mol. The van der Waals surface area contributed by atoms with E-state index in [2.05, 4.69) is 5.32 Å². The Bertz CT molecular complexity index is 582. The average molecular weight is 261 g/mol. The number of para-hydroxylation sites is 1. The zero-order valence-corrected chi connectivity index (χ0v) is 9.83. The summed E-state index contributed by atoms with van der Waals surface area (Å²) >= 11 is 0. The van der Waals surface area contributed by atoms with Gasteiger partial charge in [0.25, 0.3) is 5.91 Å². The number of phenols is 1. The molecule has 98 valence electrons. The van der Waals surface area contributed by atoms with Gasteiger partial charge in [-0.1, -0.05) is 12.1 Å². The standard InChI is InChI=1S/C13H11NO5/c15-8-4-2-1-3-6(8)13(18)14-7-5-9(16)11-12(19-11)10(7)17/h1-4,7,11-12,15H,5H2,(H,14,18)/t7?,11-,12+/m0/s1. The van der Waals surface area contributed by atoms with Crippen molar-refractivity contribution in [2.75, 3.05) is 0 Å². The molecule has 0 bridgehead atoms. The van der Waals surface area contributed by atoms with Crippen LogP contribution in [0.3, 0.4) is 0 Å². The number of Topliss-reactive ketones (excluding diaryl/α,β-unsaturated/α-hetero) is 2. The molecule has 0 spiro atoms. The number of rotatable bonds is 2. The van der Waals surface area contributed by atoms with Gasteiger partial charge >= 0.3 is 0 Å². The maximum Gasteiger partial charge on any atom is 0.255 e. The fraction of sp³-hybridized carbons (Fsp3) is 0.308. The molecule has 2 aliphatic rings. The summed E-state index contributed by atoms with van der Waals surface area (Å²) in [5.74, 6) is -1.21. The third kappa shape index (κ3) is 2.00. The normalized spacial score (nSPS) is 28.7. The Kier molecular flexibility index (Phi) is 2.60. The largest absolute Gasteiger partial charge is 0.507 e. The lowest BCUT2D eigenvalue weighted by atomic mass is 9.93. The molecule has 1 saturated heterocycles. The summed E-state index contributed by atoms with van der Waals surface area (Å²) in [6, 6.07) is 5.13. The first-order chi connectivity index (χ1) is 9.08. The molecule has 19 heavy (non-hydrogen) atoms. The predicted octanol–water partition coefficient (Wildman–Crippen LogP) is -0.200. The summed E-state index contributed by atoms with van der Waals surface area (Å²) in [4.78, 5) is 35.2. The second kappa shape index (κ2) is 4.17. The van der Waals surface area contributed by atoms with E-state index in [-0.39, 0.29) is 29.3 Å². The van der Waals surface area contributed by atoms with Crippen LogP contribution >= 0.6 is 0 Å². The van der Waals surface area contributed by atoms with E-state index >= 15 is 0 Å². The lowest BCUT2D eigenvalue weighted by Gasteiger charge is -2.18. The van der Waals surface area contributed by atoms with Crippen LogP contribution in [0, 0.1) is 0 Å². The van der Waals surface area contributed by atoms with Crippen LogP contribution in [0.1, 0.15) is 16.8 Å². The minimum absolute atomic E-state index is 0.0562. The van der Waals surface area contributed by atoms with E-state index in [1.54, 1.807) is 12.1 Å². The van der Waals surface area contributed by atoms with Gasteiger partial charge in [-0.25, -0.2) is 0 Å². The Hall–Kier alpha value is -2.21. The van der Waals surface area contributed by atoms with Gasteiger partial charge in [0.2, 0.25) is 0 Å².